The van der Waals surface area contributed by atoms with E-state index < -0.39 is 18.9 Å². The fourth-order valence-electron chi connectivity index (χ4n) is 2.08. The topological polar surface area (TPSA) is 74.8 Å². The van der Waals surface area contributed by atoms with Crippen molar-refractivity contribution in [3.8, 4) is 5.69 Å². The maximum atomic E-state index is 12.4. The first-order chi connectivity index (χ1) is 12.0. The molecule has 0 N–H and O–H groups in total. The molecular weight excluding hydrogens is 400 g/mol. The van der Waals surface area contributed by atoms with Gasteiger partial charge in [-0.25, -0.2) is 27.9 Å². The molecule has 1 aromatic carbocycles. The Labute approximate surface area is 149 Å². The lowest BCUT2D eigenvalue weighted by atomic mass is 10.3. The molecule has 0 aliphatic heterocycles. The summed E-state index contributed by atoms with van der Waals surface area (Å²) in [6.07, 6.45) is 1.46. The molecule has 0 amide bonds. The van der Waals surface area contributed by atoms with Gasteiger partial charge >= 0.3 is 5.97 Å². The lowest BCUT2D eigenvalue weighted by molar-refractivity contribution is 0.0450. The van der Waals surface area contributed by atoms with E-state index in [9.17, 15) is 13.6 Å². The highest BCUT2D eigenvalue weighted by molar-refractivity contribution is 9.10. The molecule has 0 saturated heterocycles. The normalized spacial score (nSPS) is 11.0. The first-order valence-electron chi connectivity index (χ1n) is 7.15. The van der Waals surface area contributed by atoms with Crippen molar-refractivity contribution in [3.05, 3.63) is 58.8 Å². The number of rotatable bonds is 6. The fourth-order valence-corrected chi connectivity index (χ4v) is 2.47. The first kappa shape index (κ1) is 17.2. The molecule has 0 spiro atoms. The Bertz CT molecular complexity index is 880. The number of hydrogen-bond acceptors (Lipinski definition) is 5. The van der Waals surface area contributed by atoms with Crippen LogP contribution in [0.25, 0.3) is 5.69 Å². The summed E-state index contributed by atoms with van der Waals surface area (Å²) in [5.41, 5.74) is 1.00. The fraction of sp³-hybridized carbons (Fsp3) is 0.200. The number of alkyl halides is 2. The molecule has 10 heteroatoms. The van der Waals surface area contributed by atoms with Gasteiger partial charge < -0.3 is 4.74 Å². The van der Waals surface area contributed by atoms with Crippen LogP contribution in [0.1, 0.15) is 16.2 Å². The number of nitrogens with zero attached hydrogens (tertiary/aromatic N) is 5. The highest BCUT2D eigenvalue weighted by Gasteiger charge is 2.15. The van der Waals surface area contributed by atoms with Gasteiger partial charge in [0.2, 0.25) is 0 Å². The molecule has 0 aliphatic rings. The van der Waals surface area contributed by atoms with Gasteiger partial charge in [-0.15, -0.1) is 0 Å². The van der Waals surface area contributed by atoms with Crippen LogP contribution < -0.4 is 0 Å². The van der Waals surface area contributed by atoms with Crippen LogP contribution in [-0.2, 0) is 17.9 Å². The Morgan fingerprint density at radius 2 is 2.16 bits per heavy atom. The van der Waals surface area contributed by atoms with Gasteiger partial charge in [-0.05, 0) is 18.2 Å². The van der Waals surface area contributed by atoms with Crippen molar-refractivity contribution in [2.75, 3.05) is 0 Å². The van der Waals surface area contributed by atoms with Gasteiger partial charge in [0.25, 0.3) is 6.43 Å². The SMILES string of the molecule is O=C(OCc1ncnn1CC(F)F)c1cnn(-c2cccc(Br)c2)c1. The van der Waals surface area contributed by atoms with Crippen molar-refractivity contribution < 1.29 is 18.3 Å². The second kappa shape index (κ2) is 7.51. The predicted octanol–water partition coefficient (Wildman–Crippen LogP) is 2.85. The third kappa shape index (κ3) is 4.27. The molecule has 2 heterocycles. The number of aromatic nitrogens is 5. The summed E-state index contributed by atoms with van der Waals surface area (Å²) in [6, 6.07) is 7.39. The van der Waals surface area contributed by atoms with E-state index in [4.69, 9.17) is 4.74 Å². The molecular formula is C15H12BrF2N5O2. The summed E-state index contributed by atoms with van der Waals surface area (Å²) in [6.45, 7) is -0.860. The van der Waals surface area contributed by atoms with Gasteiger partial charge in [0, 0.05) is 10.7 Å². The van der Waals surface area contributed by atoms with Gasteiger partial charge in [-0.2, -0.15) is 10.2 Å². The van der Waals surface area contributed by atoms with E-state index in [1.165, 1.54) is 17.1 Å². The molecule has 3 aromatic rings. The minimum atomic E-state index is -2.57. The van der Waals surface area contributed by atoms with Crippen LogP contribution in [0, 0.1) is 0 Å². The summed E-state index contributed by atoms with van der Waals surface area (Å²) in [5.74, 6) is -0.485. The molecule has 0 aliphatic carbocycles. The molecule has 130 valence electrons. The van der Waals surface area contributed by atoms with Crippen molar-refractivity contribution in [1.29, 1.82) is 0 Å². The molecule has 0 bridgehead atoms. The first-order valence-corrected chi connectivity index (χ1v) is 7.95. The third-order valence-corrected chi connectivity index (χ3v) is 3.72. The average Bonchev–Trinajstić information content (AvgIpc) is 3.21. The Kier molecular flexibility index (Phi) is 5.17. The molecule has 2 aromatic heterocycles. The molecule has 0 atom stereocenters. The second-order valence-electron chi connectivity index (χ2n) is 4.98. The van der Waals surface area contributed by atoms with Crippen molar-refractivity contribution in [3.63, 3.8) is 0 Å². The Hall–Kier alpha value is -2.62. The Balaban J connectivity index is 1.66. The molecule has 25 heavy (non-hydrogen) atoms. The maximum Gasteiger partial charge on any atom is 0.341 e. The van der Waals surface area contributed by atoms with Crippen LogP contribution >= 0.6 is 15.9 Å². The summed E-state index contributed by atoms with van der Waals surface area (Å²) in [5, 5.41) is 7.79. The van der Waals surface area contributed by atoms with E-state index in [0.29, 0.717) is 0 Å². The quantitative estimate of drug-likeness (QED) is 0.583. The molecule has 0 saturated carbocycles. The van der Waals surface area contributed by atoms with Crippen LogP contribution in [-0.4, -0.2) is 36.9 Å². The smallest absolute Gasteiger partial charge is 0.341 e. The minimum absolute atomic E-state index is 0.146. The zero-order valence-electron chi connectivity index (χ0n) is 12.7. The average molecular weight is 412 g/mol. The molecule has 0 unspecified atom stereocenters. The van der Waals surface area contributed by atoms with Crippen LogP contribution in [0.4, 0.5) is 8.78 Å². The molecule has 0 fully saturated rings. The zero-order valence-corrected chi connectivity index (χ0v) is 14.3. The van der Waals surface area contributed by atoms with E-state index in [2.05, 4.69) is 31.1 Å². The van der Waals surface area contributed by atoms with Crippen molar-refractivity contribution in [1.82, 2.24) is 24.5 Å². The third-order valence-electron chi connectivity index (χ3n) is 3.23. The van der Waals surface area contributed by atoms with E-state index in [1.54, 1.807) is 0 Å². The second-order valence-corrected chi connectivity index (χ2v) is 5.89. The number of carbonyl (C=O) groups excluding carboxylic acids is 1. The lowest BCUT2D eigenvalue weighted by Crippen LogP contribution is -2.14. The number of ether oxygens (including phenoxy) is 1. The van der Waals surface area contributed by atoms with Gasteiger partial charge in [0.05, 0.1) is 17.4 Å². The number of hydrogen-bond donors (Lipinski definition) is 0. The Morgan fingerprint density at radius 1 is 1.32 bits per heavy atom. The number of halogens is 3. The molecule has 0 radical (unpaired) electrons. The monoisotopic (exact) mass is 411 g/mol. The minimum Gasteiger partial charge on any atom is -0.454 e. The van der Waals surface area contributed by atoms with Crippen LogP contribution in [0.5, 0.6) is 0 Å². The van der Waals surface area contributed by atoms with Crippen molar-refractivity contribution in [2.24, 2.45) is 0 Å². The van der Waals surface area contributed by atoms with Crippen LogP contribution in [0.2, 0.25) is 0 Å². The summed E-state index contributed by atoms with van der Waals surface area (Å²) < 4.78 is 33.4. The van der Waals surface area contributed by atoms with Gasteiger partial charge in [-0.3, -0.25) is 0 Å². The van der Waals surface area contributed by atoms with Gasteiger partial charge in [-0.1, -0.05) is 22.0 Å². The number of benzene rings is 1. The van der Waals surface area contributed by atoms with Crippen molar-refractivity contribution in [2.45, 2.75) is 19.6 Å². The lowest BCUT2D eigenvalue weighted by Gasteiger charge is -2.05. The van der Waals surface area contributed by atoms with E-state index in [0.717, 1.165) is 21.2 Å². The highest BCUT2D eigenvalue weighted by Crippen LogP contribution is 2.15. The summed E-state index contributed by atoms with van der Waals surface area (Å²) in [7, 11) is 0. The van der Waals surface area contributed by atoms with E-state index in [1.807, 2.05) is 24.3 Å². The van der Waals surface area contributed by atoms with E-state index in [-0.39, 0.29) is 18.0 Å². The number of carbonyl (C=O) groups is 1. The summed E-state index contributed by atoms with van der Waals surface area (Å²) in [4.78, 5) is 15.9. The molecule has 7 nitrogen and oxygen atoms in total. The number of esters is 1. The molecule has 3 rings (SSSR count). The maximum absolute atomic E-state index is 12.4. The standard InChI is InChI=1S/C15H12BrF2N5O2/c16-11-2-1-3-12(4-11)22-6-10(5-20-22)15(24)25-8-14-19-9-21-23(14)7-13(17)18/h1-6,9,13H,7-8H2. The van der Waals surface area contributed by atoms with Crippen molar-refractivity contribution >= 4 is 21.9 Å². The van der Waals surface area contributed by atoms with Gasteiger partial charge in [0.1, 0.15) is 12.9 Å². The largest absolute Gasteiger partial charge is 0.454 e. The van der Waals surface area contributed by atoms with Crippen LogP contribution in [0.3, 0.4) is 0 Å². The Morgan fingerprint density at radius 3 is 2.92 bits per heavy atom. The summed E-state index contributed by atoms with van der Waals surface area (Å²) >= 11 is 3.36. The van der Waals surface area contributed by atoms with Crippen LogP contribution in [0.15, 0.2) is 47.5 Å². The van der Waals surface area contributed by atoms with Gasteiger partial charge in [0.15, 0.2) is 12.4 Å². The predicted molar refractivity (Wildman–Crippen MR) is 86.4 cm³/mol. The highest BCUT2D eigenvalue weighted by atomic mass is 79.9. The van der Waals surface area contributed by atoms with E-state index >= 15 is 0 Å². The zero-order chi connectivity index (χ0) is 17.8.